The summed E-state index contributed by atoms with van der Waals surface area (Å²) in [7, 11) is 0. The monoisotopic (exact) mass is 271 g/mol. The first kappa shape index (κ1) is 13.3. The fraction of sp³-hybridized carbons (Fsp3) is 0.438. The van der Waals surface area contributed by atoms with Gasteiger partial charge in [0.15, 0.2) is 0 Å². The Balaban J connectivity index is 1.47. The van der Waals surface area contributed by atoms with Crippen molar-refractivity contribution >= 4 is 0 Å². The van der Waals surface area contributed by atoms with Crippen molar-refractivity contribution in [3.63, 3.8) is 0 Å². The van der Waals surface area contributed by atoms with Crippen LogP contribution < -0.4 is 0 Å². The van der Waals surface area contributed by atoms with Gasteiger partial charge in [0.05, 0.1) is 5.69 Å². The van der Waals surface area contributed by atoms with Crippen LogP contribution in [0.4, 0.5) is 0 Å². The van der Waals surface area contributed by atoms with Crippen LogP contribution in [0.1, 0.15) is 17.0 Å². The minimum atomic E-state index is 0.891. The Bertz CT molecular complexity index is 530. The lowest BCUT2D eigenvalue weighted by Crippen LogP contribution is -2.45. The summed E-state index contributed by atoms with van der Waals surface area (Å²) in [6, 6.07) is 12.7. The molecular weight excluding hydrogens is 250 g/mol. The molecule has 2 aromatic rings. The molecule has 0 radical (unpaired) electrons. The van der Waals surface area contributed by atoms with E-state index in [4.69, 9.17) is 4.52 Å². The summed E-state index contributed by atoms with van der Waals surface area (Å²) < 4.78 is 5.12. The first-order valence-corrected chi connectivity index (χ1v) is 7.20. The number of nitrogens with zero attached hydrogens (tertiary/aromatic N) is 3. The maximum Gasteiger partial charge on any atom is 0.133 e. The van der Waals surface area contributed by atoms with Crippen LogP contribution in [0.25, 0.3) is 0 Å². The molecule has 106 valence electrons. The van der Waals surface area contributed by atoms with Crippen molar-refractivity contribution in [2.75, 3.05) is 26.2 Å². The lowest BCUT2D eigenvalue weighted by molar-refractivity contribution is 0.120. The van der Waals surface area contributed by atoms with Crippen molar-refractivity contribution in [3.8, 4) is 0 Å². The highest BCUT2D eigenvalue weighted by Crippen LogP contribution is 2.11. The van der Waals surface area contributed by atoms with E-state index in [1.807, 2.05) is 13.0 Å². The van der Waals surface area contributed by atoms with E-state index in [1.54, 1.807) is 0 Å². The van der Waals surface area contributed by atoms with Gasteiger partial charge in [0.1, 0.15) is 5.76 Å². The topological polar surface area (TPSA) is 32.5 Å². The first-order valence-electron chi connectivity index (χ1n) is 7.20. The van der Waals surface area contributed by atoms with Gasteiger partial charge in [0.25, 0.3) is 0 Å². The third-order valence-corrected chi connectivity index (χ3v) is 3.78. The second-order valence-electron chi connectivity index (χ2n) is 5.47. The lowest BCUT2D eigenvalue weighted by Gasteiger charge is -2.34. The van der Waals surface area contributed by atoms with E-state index in [1.165, 1.54) is 5.56 Å². The van der Waals surface area contributed by atoms with E-state index in [0.29, 0.717) is 0 Å². The third-order valence-electron chi connectivity index (χ3n) is 3.78. The normalized spacial score (nSPS) is 17.4. The Kier molecular flexibility index (Phi) is 4.14. The average molecular weight is 271 g/mol. The number of hydrogen-bond acceptors (Lipinski definition) is 4. The van der Waals surface area contributed by atoms with E-state index in [0.717, 1.165) is 50.7 Å². The molecule has 3 rings (SSSR count). The largest absolute Gasteiger partial charge is 0.361 e. The minimum Gasteiger partial charge on any atom is -0.361 e. The second kappa shape index (κ2) is 6.20. The van der Waals surface area contributed by atoms with Crippen LogP contribution in [0.15, 0.2) is 40.9 Å². The molecule has 1 aliphatic heterocycles. The summed E-state index contributed by atoms with van der Waals surface area (Å²) in [6.45, 7) is 8.32. The van der Waals surface area contributed by atoms with E-state index in [-0.39, 0.29) is 0 Å². The zero-order valence-corrected chi connectivity index (χ0v) is 12.0. The predicted molar refractivity (Wildman–Crippen MR) is 78.2 cm³/mol. The third kappa shape index (κ3) is 3.46. The molecule has 1 aromatic carbocycles. The maximum atomic E-state index is 5.12. The van der Waals surface area contributed by atoms with Crippen LogP contribution in [0.3, 0.4) is 0 Å². The summed E-state index contributed by atoms with van der Waals surface area (Å²) >= 11 is 0. The maximum absolute atomic E-state index is 5.12. The molecule has 0 spiro atoms. The van der Waals surface area contributed by atoms with Crippen LogP contribution in [-0.4, -0.2) is 41.1 Å². The number of piperazine rings is 1. The summed E-state index contributed by atoms with van der Waals surface area (Å²) in [4.78, 5) is 4.96. The van der Waals surface area contributed by atoms with Crippen LogP contribution >= 0.6 is 0 Å². The Morgan fingerprint density at radius 2 is 1.65 bits per heavy atom. The van der Waals surface area contributed by atoms with Gasteiger partial charge < -0.3 is 4.52 Å². The zero-order chi connectivity index (χ0) is 13.8. The fourth-order valence-corrected chi connectivity index (χ4v) is 2.67. The zero-order valence-electron chi connectivity index (χ0n) is 12.0. The number of hydrogen-bond donors (Lipinski definition) is 0. The van der Waals surface area contributed by atoms with Gasteiger partial charge >= 0.3 is 0 Å². The molecule has 4 heteroatoms. The molecule has 1 saturated heterocycles. The lowest BCUT2D eigenvalue weighted by atomic mass is 10.2. The van der Waals surface area contributed by atoms with Gasteiger partial charge in [-0.15, -0.1) is 0 Å². The van der Waals surface area contributed by atoms with Crippen LogP contribution in [0.2, 0.25) is 0 Å². The fourth-order valence-electron chi connectivity index (χ4n) is 2.67. The predicted octanol–water partition coefficient (Wildman–Crippen LogP) is 2.30. The molecule has 1 aromatic heterocycles. The molecule has 1 aliphatic rings. The van der Waals surface area contributed by atoms with E-state index in [2.05, 4.69) is 45.3 Å². The van der Waals surface area contributed by atoms with Gasteiger partial charge in [-0.25, -0.2) is 0 Å². The summed E-state index contributed by atoms with van der Waals surface area (Å²) in [5.74, 6) is 0.891. The average Bonchev–Trinajstić information content (AvgIpc) is 2.88. The Hall–Kier alpha value is -1.65. The minimum absolute atomic E-state index is 0.891. The molecule has 0 amide bonds. The standard InChI is InChI=1S/C16H21N3O/c1-14-11-16(17-20-14)13-19-9-7-18(8-10-19)12-15-5-3-2-4-6-15/h2-6,11H,7-10,12-13H2,1H3. The van der Waals surface area contributed by atoms with Gasteiger partial charge in [-0.05, 0) is 12.5 Å². The van der Waals surface area contributed by atoms with Gasteiger partial charge in [-0.2, -0.15) is 0 Å². The highest BCUT2D eigenvalue weighted by atomic mass is 16.5. The van der Waals surface area contributed by atoms with E-state index in [9.17, 15) is 0 Å². The SMILES string of the molecule is Cc1cc(CN2CCN(Cc3ccccc3)CC2)no1. The molecule has 1 fully saturated rings. The van der Waals surface area contributed by atoms with Gasteiger partial charge in [-0.3, -0.25) is 9.80 Å². The molecule has 0 bridgehead atoms. The second-order valence-corrected chi connectivity index (χ2v) is 5.47. The smallest absolute Gasteiger partial charge is 0.133 e. The van der Waals surface area contributed by atoms with Gasteiger partial charge in [0.2, 0.25) is 0 Å². The molecule has 2 heterocycles. The summed E-state index contributed by atoms with van der Waals surface area (Å²) in [5.41, 5.74) is 2.44. The Morgan fingerprint density at radius 3 is 2.25 bits per heavy atom. The molecule has 0 aliphatic carbocycles. The molecular formula is C16H21N3O. The molecule has 0 N–H and O–H groups in total. The Labute approximate surface area is 120 Å². The summed E-state index contributed by atoms with van der Waals surface area (Å²) in [6.07, 6.45) is 0. The van der Waals surface area contributed by atoms with Crippen molar-refractivity contribution in [1.29, 1.82) is 0 Å². The highest BCUT2D eigenvalue weighted by molar-refractivity contribution is 5.14. The van der Waals surface area contributed by atoms with Crippen LogP contribution in [0.5, 0.6) is 0 Å². The number of benzene rings is 1. The van der Waals surface area contributed by atoms with E-state index < -0.39 is 0 Å². The number of aromatic nitrogens is 1. The quantitative estimate of drug-likeness (QED) is 0.854. The van der Waals surface area contributed by atoms with E-state index >= 15 is 0 Å². The van der Waals surface area contributed by atoms with Crippen molar-refractivity contribution < 1.29 is 4.52 Å². The summed E-state index contributed by atoms with van der Waals surface area (Å²) in [5, 5.41) is 4.07. The van der Waals surface area contributed by atoms with Gasteiger partial charge in [-0.1, -0.05) is 35.5 Å². The Morgan fingerprint density at radius 1 is 1.00 bits per heavy atom. The van der Waals surface area contributed by atoms with Crippen molar-refractivity contribution in [2.45, 2.75) is 20.0 Å². The van der Waals surface area contributed by atoms with Crippen molar-refractivity contribution in [1.82, 2.24) is 15.0 Å². The van der Waals surface area contributed by atoms with Crippen molar-refractivity contribution in [2.24, 2.45) is 0 Å². The van der Waals surface area contributed by atoms with Crippen LogP contribution in [0, 0.1) is 6.92 Å². The van der Waals surface area contributed by atoms with Crippen LogP contribution in [-0.2, 0) is 13.1 Å². The molecule has 0 saturated carbocycles. The van der Waals surface area contributed by atoms with Gasteiger partial charge in [0, 0.05) is 45.3 Å². The number of aryl methyl sites for hydroxylation is 1. The molecule has 20 heavy (non-hydrogen) atoms. The van der Waals surface area contributed by atoms with Crippen molar-refractivity contribution in [3.05, 3.63) is 53.4 Å². The highest BCUT2D eigenvalue weighted by Gasteiger charge is 2.17. The molecule has 4 nitrogen and oxygen atoms in total. The number of rotatable bonds is 4. The molecule has 0 atom stereocenters. The first-order chi connectivity index (χ1) is 9.79. The molecule has 0 unspecified atom stereocenters.